The van der Waals surface area contributed by atoms with Crippen molar-refractivity contribution in [2.45, 2.75) is 25.7 Å². The molecule has 0 aliphatic heterocycles. The first kappa shape index (κ1) is 11.0. The highest BCUT2D eigenvalue weighted by atomic mass is 16.4. The summed E-state index contributed by atoms with van der Waals surface area (Å²) in [6.45, 7) is 1.73. The van der Waals surface area contributed by atoms with Crippen LogP contribution in [0.25, 0.3) is 5.82 Å². The lowest BCUT2D eigenvalue weighted by molar-refractivity contribution is 0.0696. The highest BCUT2D eigenvalue weighted by Crippen LogP contribution is 2.39. The lowest BCUT2D eigenvalue weighted by Gasteiger charge is -2.04. The molecule has 18 heavy (non-hydrogen) atoms. The van der Waals surface area contributed by atoms with E-state index >= 15 is 0 Å². The molecular weight excluding hydrogens is 230 g/mol. The number of hydrogen-bond donors (Lipinski definition) is 1. The van der Waals surface area contributed by atoms with Crippen LogP contribution in [0.4, 0.5) is 0 Å². The minimum Gasteiger partial charge on any atom is -0.478 e. The Morgan fingerprint density at radius 1 is 1.39 bits per heavy atom. The Morgan fingerprint density at radius 3 is 2.67 bits per heavy atom. The van der Waals surface area contributed by atoms with E-state index in [0.717, 1.165) is 0 Å². The number of pyridine rings is 1. The molecule has 3 rings (SSSR count). The highest BCUT2D eigenvalue weighted by Gasteiger charge is 2.23. The van der Waals surface area contributed by atoms with Crippen molar-refractivity contribution >= 4 is 5.97 Å². The number of carboxylic acids is 1. The maximum atomic E-state index is 10.9. The molecule has 5 heteroatoms. The number of aromatic nitrogens is 3. The summed E-state index contributed by atoms with van der Waals surface area (Å²) >= 11 is 0. The van der Waals surface area contributed by atoms with Crippen molar-refractivity contribution in [1.29, 1.82) is 0 Å². The maximum absolute atomic E-state index is 10.9. The van der Waals surface area contributed by atoms with Crippen LogP contribution in [0.1, 0.15) is 40.4 Å². The average molecular weight is 243 g/mol. The van der Waals surface area contributed by atoms with E-state index in [1.165, 1.54) is 24.6 Å². The molecule has 0 unspecified atom stereocenters. The van der Waals surface area contributed by atoms with E-state index in [-0.39, 0.29) is 5.56 Å². The molecule has 0 amide bonds. The number of rotatable bonds is 3. The first-order valence-corrected chi connectivity index (χ1v) is 5.91. The Labute approximate surface area is 104 Å². The molecule has 1 fully saturated rings. The molecule has 1 N–H and O–H groups in total. The Bertz CT molecular complexity index is 597. The molecule has 2 aromatic rings. The van der Waals surface area contributed by atoms with Crippen molar-refractivity contribution in [2.24, 2.45) is 0 Å². The zero-order valence-electron chi connectivity index (χ0n) is 10.00. The number of carbonyl (C=O) groups is 1. The number of carboxylic acid groups (broad SMARTS) is 1. The van der Waals surface area contributed by atoms with Crippen LogP contribution in [0.2, 0.25) is 0 Å². The second-order valence-electron chi connectivity index (χ2n) is 4.58. The van der Waals surface area contributed by atoms with Gasteiger partial charge in [-0.3, -0.25) is 0 Å². The van der Waals surface area contributed by atoms with Gasteiger partial charge >= 0.3 is 5.97 Å². The Kier molecular flexibility index (Phi) is 2.40. The van der Waals surface area contributed by atoms with E-state index < -0.39 is 5.97 Å². The first-order chi connectivity index (χ1) is 8.66. The standard InChI is InChI=1S/C13H13N3O2/c1-8-11(13(17)18)7-15-16(8)12-5-4-10(6-14-12)9-2-3-9/h4-7,9H,2-3H2,1H3,(H,17,18). The minimum absolute atomic E-state index is 0.211. The van der Waals surface area contributed by atoms with E-state index in [1.54, 1.807) is 11.6 Å². The molecule has 1 saturated carbocycles. The molecular formula is C13H13N3O2. The van der Waals surface area contributed by atoms with Gasteiger partial charge in [0.25, 0.3) is 0 Å². The summed E-state index contributed by atoms with van der Waals surface area (Å²) in [6, 6.07) is 3.93. The summed E-state index contributed by atoms with van der Waals surface area (Å²) in [7, 11) is 0. The number of aromatic carboxylic acids is 1. The van der Waals surface area contributed by atoms with Gasteiger partial charge in [-0.2, -0.15) is 5.10 Å². The molecule has 5 nitrogen and oxygen atoms in total. The van der Waals surface area contributed by atoms with E-state index in [4.69, 9.17) is 5.11 Å². The summed E-state index contributed by atoms with van der Waals surface area (Å²) in [6.07, 6.45) is 5.69. The van der Waals surface area contributed by atoms with E-state index in [0.29, 0.717) is 17.4 Å². The first-order valence-electron chi connectivity index (χ1n) is 5.91. The van der Waals surface area contributed by atoms with Gasteiger partial charge in [0.1, 0.15) is 5.56 Å². The van der Waals surface area contributed by atoms with Crippen LogP contribution in [0, 0.1) is 6.92 Å². The normalized spacial score (nSPS) is 14.7. The van der Waals surface area contributed by atoms with Crippen LogP contribution in [0.15, 0.2) is 24.5 Å². The van der Waals surface area contributed by atoms with Gasteiger partial charge in [0, 0.05) is 6.20 Å². The van der Waals surface area contributed by atoms with Gasteiger partial charge in [0.05, 0.1) is 11.9 Å². The van der Waals surface area contributed by atoms with Gasteiger partial charge < -0.3 is 5.11 Å². The third-order valence-corrected chi connectivity index (χ3v) is 3.28. The van der Waals surface area contributed by atoms with Crippen molar-refractivity contribution in [3.05, 3.63) is 41.3 Å². The summed E-state index contributed by atoms with van der Waals surface area (Å²) in [4.78, 5) is 15.3. The molecule has 92 valence electrons. The highest BCUT2D eigenvalue weighted by molar-refractivity contribution is 5.88. The fourth-order valence-electron chi connectivity index (χ4n) is 2.03. The Morgan fingerprint density at radius 2 is 2.17 bits per heavy atom. The summed E-state index contributed by atoms with van der Waals surface area (Å²) in [5, 5.41) is 13.0. The van der Waals surface area contributed by atoms with Gasteiger partial charge in [-0.1, -0.05) is 6.07 Å². The van der Waals surface area contributed by atoms with E-state index in [1.807, 2.05) is 18.3 Å². The Hall–Kier alpha value is -2.17. The Balaban J connectivity index is 1.96. The van der Waals surface area contributed by atoms with Crippen LogP contribution in [0.3, 0.4) is 0 Å². The fourth-order valence-corrected chi connectivity index (χ4v) is 2.03. The van der Waals surface area contributed by atoms with E-state index in [9.17, 15) is 4.79 Å². The van der Waals surface area contributed by atoms with Crippen molar-refractivity contribution < 1.29 is 9.90 Å². The van der Waals surface area contributed by atoms with Gasteiger partial charge in [-0.15, -0.1) is 0 Å². The molecule has 2 aromatic heterocycles. The molecule has 0 spiro atoms. The SMILES string of the molecule is Cc1c(C(=O)O)cnn1-c1ccc(C2CC2)cn1. The smallest absolute Gasteiger partial charge is 0.339 e. The van der Waals surface area contributed by atoms with E-state index in [2.05, 4.69) is 10.1 Å². The zero-order valence-corrected chi connectivity index (χ0v) is 10.00. The lowest BCUT2D eigenvalue weighted by Crippen LogP contribution is -2.04. The molecule has 1 aliphatic rings. The quantitative estimate of drug-likeness (QED) is 0.896. The van der Waals surface area contributed by atoms with Crippen LogP contribution in [-0.2, 0) is 0 Å². The van der Waals surface area contributed by atoms with Crippen LogP contribution in [-0.4, -0.2) is 25.8 Å². The van der Waals surface area contributed by atoms with Crippen molar-refractivity contribution in [1.82, 2.24) is 14.8 Å². The third-order valence-electron chi connectivity index (χ3n) is 3.28. The van der Waals surface area contributed by atoms with Gasteiger partial charge in [-0.25, -0.2) is 14.5 Å². The lowest BCUT2D eigenvalue weighted by atomic mass is 10.2. The van der Waals surface area contributed by atoms with Gasteiger partial charge in [0.2, 0.25) is 0 Å². The molecule has 0 aromatic carbocycles. The van der Waals surface area contributed by atoms with Gasteiger partial charge in [-0.05, 0) is 37.3 Å². The minimum atomic E-state index is -0.964. The maximum Gasteiger partial charge on any atom is 0.339 e. The molecule has 0 bridgehead atoms. The predicted molar refractivity (Wildman–Crippen MR) is 65.0 cm³/mol. The van der Waals surface area contributed by atoms with Crippen LogP contribution >= 0.6 is 0 Å². The number of nitrogens with zero attached hydrogens (tertiary/aromatic N) is 3. The van der Waals surface area contributed by atoms with Crippen molar-refractivity contribution in [3.8, 4) is 5.82 Å². The summed E-state index contributed by atoms with van der Waals surface area (Å²) < 4.78 is 1.56. The van der Waals surface area contributed by atoms with Crippen LogP contribution in [0.5, 0.6) is 0 Å². The number of hydrogen-bond acceptors (Lipinski definition) is 3. The third kappa shape index (κ3) is 1.77. The molecule has 1 aliphatic carbocycles. The van der Waals surface area contributed by atoms with Crippen LogP contribution < -0.4 is 0 Å². The summed E-state index contributed by atoms with van der Waals surface area (Å²) in [5.74, 6) is 0.359. The predicted octanol–water partition coefficient (Wildman–Crippen LogP) is 2.15. The van der Waals surface area contributed by atoms with Gasteiger partial charge in [0.15, 0.2) is 5.82 Å². The molecule has 0 atom stereocenters. The second-order valence-corrected chi connectivity index (χ2v) is 4.58. The fraction of sp³-hybridized carbons (Fsp3) is 0.308. The molecule has 0 saturated heterocycles. The molecule has 0 radical (unpaired) electrons. The zero-order chi connectivity index (χ0) is 12.7. The monoisotopic (exact) mass is 243 g/mol. The topological polar surface area (TPSA) is 68.0 Å². The largest absolute Gasteiger partial charge is 0.478 e. The molecule has 2 heterocycles. The average Bonchev–Trinajstić information content (AvgIpc) is 3.13. The second kappa shape index (κ2) is 3.94. The van der Waals surface area contributed by atoms with Crippen molar-refractivity contribution in [2.75, 3.05) is 0 Å². The van der Waals surface area contributed by atoms with Crippen molar-refractivity contribution in [3.63, 3.8) is 0 Å². The summed E-state index contributed by atoms with van der Waals surface area (Å²) in [5.41, 5.74) is 2.05.